The van der Waals surface area contributed by atoms with Gasteiger partial charge >= 0.3 is 6.03 Å². The monoisotopic (exact) mass is 399 g/mol. The van der Waals surface area contributed by atoms with Crippen LogP contribution in [0, 0.1) is 22.6 Å². The molecule has 1 aromatic rings. The maximum Gasteiger partial charge on any atom is 0.338 e. The average Bonchev–Trinajstić information content (AvgIpc) is 3.33. The number of nitrogens with one attached hydrogen (secondary N) is 1. The van der Waals surface area contributed by atoms with Crippen LogP contribution in [0.3, 0.4) is 0 Å². The fourth-order valence-electron chi connectivity index (χ4n) is 6.15. The minimum absolute atomic E-state index is 0.0993. The lowest BCUT2D eigenvalue weighted by Gasteiger charge is -2.43. The fraction of sp³-hybridized carbons (Fsp3) is 0.667. The maximum atomic E-state index is 14.5. The van der Waals surface area contributed by atoms with Crippen molar-refractivity contribution in [2.24, 2.45) is 21.8 Å². The Morgan fingerprint density at radius 1 is 1.31 bits per heavy atom. The molecule has 3 unspecified atom stereocenters. The second-order valence-electron chi connectivity index (χ2n) is 10.1. The van der Waals surface area contributed by atoms with E-state index < -0.39 is 0 Å². The van der Waals surface area contributed by atoms with Crippen molar-refractivity contribution in [1.29, 1.82) is 0 Å². The number of hydrogen-bond donors (Lipinski definition) is 1. The number of hydrazone groups is 1. The summed E-state index contributed by atoms with van der Waals surface area (Å²) < 4.78 is 14.5. The van der Waals surface area contributed by atoms with Crippen LogP contribution < -0.4 is 5.32 Å². The average molecular weight is 400 g/mol. The molecule has 4 rings (SSSR count). The minimum atomic E-state index is -0.217. The zero-order chi connectivity index (χ0) is 20.8. The number of unbranched alkanes of at least 4 members (excludes halogenated alkanes) is 1. The molecule has 4 atom stereocenters. The van der Waals surface area contributed by atoms with E-state index in [0.29, 0.717) is 18.0 Å². The number of carbonyl (C=O) groups excluding carboxylic acids is 1. The van der Waals surface area contributed by atoms with Crippen LogP contribution in [0.5, 0.6) is 0 Å². The minimum Gasteiger partial charge on any atom is -0.333 e. The van der Waals surface area contributed by atoms with Crippen LogP contribution >= 0.6 is 0 Å². The third-order valence-corrected chi connectivity index (χ3v) is 7.85. The Morgan fingerprint density at radius 3 is 2.72 bits per heavy atom. The van der Waals surface area contributed by atoms with Gasteiger partial charge in [-0.15, -0.1) is 0 Å². The Morgan fingerprint density at radius 2 is 2.07 bits per heavy atom. The van der Waals surface area contributed by atoms with E-state index in [2.05, 4.69) is 38.1 Å². The number of carbonyl (C=O) groups is 1. The molecule has 4 nitrogen and oxygen atoms in total. The molecule has 1 N–H and O–H groups in total. The lowest BCUT2D eigenvalue weighted by atomic mass is 9.68. The summed E-state index contributed by atoms with van der Waals surface area (Å²) in [6, 6.07) is 6.90. The lowest BCUT2D eigenvalue weighted by molar-refractivity contribution is 0.106. The summed E-state index contributed by atoms with van der Waals surface area (Å²) in [5.41, 5.74) is 1.83. The molecule has 1 aromatic carbocycles. The first-order valence-corrected chi connectivity index (χ1v) is 11.2. The third kappa shape index (κ3) is 3.47. The molecule has 1 heterocycles. The molecule has 2 amide bonds. The molecule has 1 aliphatic heterocycles. The summed E-state index contributed by atoms with van der Waals surface area (Å²) in [4.78, 5) is 13.2. The second kappa shape index (κ2) is 7.41. The fourth-order valence-corrected chi connectivity index (χ4v) is 6.15. The molecule has 158 valence electrons. The van der Waals surface area contributed by atoms with E-state index >= 15 is 0 Å². The number of rotatable bonds is 5. The van der Waals surface area contributed by atoms with Crippen molar-refractivity contribution in [3.05, 3.63) is 35.6 Å². The Kier molecular flexibility index (Phi) is 5.20. The van der Waals surface area contributed by atoms with Crippen LogP contribution in [0.2, 0.25) is 0 Å². The van der Waals surface area contributed by atoms with Crippen LogP contribution in [0.25, 0.3) is 0 Å². The lowest BCUT2D eigenvalue weighted by Crippen LogP contribution is -2.54. The largest absolute Gasteiger partial charge is 0.338 e. The molecule has 2 saturated carbocycles. The van der Waals surface area contributed by atoms with Gasteiger partial charge in [0.15, 0.2) is 0 Å². The van der Waals surface area contributed by atoms with Crippen LogP contribution in [0.4, 0.5) is 9.18 Å². The highest BCUT2D eigenvalue weighted by molar-refractivity contribution is 5.94. The van der Waals surface area contributed by atoms with E-state index in [1.807, 2.05) is 12.1 Å². The quantitative estimate of drug-likeness (QED) is 0.679. The predicted octanol–water partition coefficient (Wildman–Crippen LogP) is 5.70. The SMILES string of the molecule is CCCCC1=NN(C(=O)NC2C(C)(C)C3CC[C@]2(C)C3)CC1c1ccccc1F. The number of fused-ring (bicyclic) bond motifs is 2. The van der Waals surface area contributed by atoms with Gasteiger partial charge in [0.05, 0.1) is 6.54 Å². The summed E-state index contributed by atoms with van der Waals surface area (Å²) in [6.07, 6.45) is 6.46. The van der Waals surface area contributed by atoms with E-state index in [0.717, 1.165) is 25.0 Å². The van der Waals surface area contributed by atoms with Crippen molar-refractivity contribution in [3.8, 4) is 0 Å². The van der Waals surface area contributed by atoms with Crippen molar-refractivity contribution < 1.29 is 9.18 Å². The first-order valence-electron chi connectivity index (χ1n) is 11.2. The van der Waals surface area contributed by atoms with Crippen molar-refractivity contribution >= 4 is 11.7 Å². The molecule has 2 aliphatic carbocycles. The van der Waals surface area contributed by atoms with E-state index in [-0.39, 0.29) is 34.6 Å². The molecule has 0 aromatic heterocycles. The molecule has 0 saturated heterocycles. The zero-order valence-electron chi connectivity index (χ0n) is 18.2. The van der Waals surface area contributed by atoms with Gasteiger partial charge in [-0.3, -0.25) is 0 Å². The Bertz CT molecular complexity index is 815. The highest BCUT2D eigenvalue weighted by Crippen LogP contribution is 2.62. The summed E-state index contributed by atoms with van der Waals surface area (Å²) in [7, 11) is 0. The highest BCUT2D eigenvalue weighted by Gasteiger charge is 2.60. The molecular weight excluding hydrogens is 365 g/mol. The molecule has 5 heteroatoms. The van der Waals surface area contributed by atoms with Gasteiger partial charge in [0.1, 0.15) is 5.82 Å². The van der Waals surface area contributed by atoms with Gasteiger partial charge in [-0.25, -0.2) is 14.2 Å². The van der Waals surface area contributed by atoms with Gasteiger partial charge in [0, 0.05) is 17.7 Å². The summed E-state index contributed by atoms with van der Waals surface area (Å²) in [6.45, 7) is 9.44. The van der Waals surface area contributed by atoms with Crippen molar-refractivity contribution in [3.63, 3.8) is 0 Å². The van der Waals surface area contributed by atoms with Gasteiger partial charge < -0.3 is 5.32 Å². The van der Waals surface area contributed by atoms with Crippen LogP contribution in [0.1, 0.15) is 77.7 Å². The zero-order valence-corrected chi connectivity index (χ0v) is 18.2. The maximum absolute atomic E-state index is 14.5. The normalized spacial score (nSPS) is 32.5. The van der Waals surface area contributed by atoms with E-state index in [1.54, 1.807) is 11.1 Å². The van der Waals surface area contributed by atoms with Crippen molar-refractivity contribution in [2.45, 2.75) is 78.2 Å². The molecule has 0 spiro atoms. The number of nitrogens with zero attached hydrogens (tertiary/aromatic N) is 2. The number of benzene rings is 1. The van der Waals surface area contributed by atoms with Crippen molar-refractivity contribution in [1.82, 2.24) is 10.3 Å². The predicted molar refractivity (Wildman–Crippen MR) is 114 cm³/mol. The third-order valence-electron chi connectivity index (χ3n) is 7.85. The summed E-state index contributed by atoms with van der Waals surface area (Å²) >= 11 is 0. The Labute approximate surface area is 173 Å². The Balaban J connectivity index is 1.53. The first kappa shape index (κ1) is 20.4. The molecule has 0 radical (unpaired) electrons. The number of urea groups is 1. The van der Waals surface area contributed by atoms with Gasteiger partial charge in [-0.1, -0.05) is 52.3 Å². The van der Waals surface area contributed by atoms with Crippen LogP contribution in [-0.4, -0.2) is 29.3 Å². The van der Waals surface area contributed by atoms with E-state index in [9.17, 15) is 9.18 Å². The van der Waals surface area contributed by atoms with Gasteiger partial charge in [0.2, 0.25) is 0 Å². The highest BCUT2D eigenvalue weighted by atomic mass is 19.1. The molecule has 2 bridgehead atoms. The Hall–Kier alpha value is -1.91. The smallest absolute Gasteiger partial charge is 0.333 e. The topological polar surface area (TPSA) is 44.7 Å². The van der Waals surface area contributed by atoms with Crippen LogP contribution in [0.15, 0.2) is 29.4 Å². The molecule has 3 aliphatic rings. The molecule has 2 fully saturated rings. The number of hydrogen-bond acceptors (Lipinski definition) is 2. The van der Waals surface area contributed by atoms with Crippen molar-refractivity contribution in [2.75, 3.05) is 6.54 Å². The van der Waals surface area contributed by atoms with E-state index in [1.165, 1.54) is 25.3 Å². The molecular formula is C24H34FN3O. The molecule has 29 heavy (non-hydrogen) atoms. The van der Waals surface area contributed by atoms with Crippen LogP contribution in [-0.2, 0) is 0 Å². The first-order chi connectivity index (χ1) is 13.8. The van der Waals surface area contributed by atoms with Gasteiger partial charge in [-0.2, -0.15) is 5.10 Å². The summed E-state index contributed by atoms with van der Waals surface area (Å²) in [5.74, 6) is 0.300. The summed E-state index contributed by atoms with van der Waals surface area (Å²) in [5, 5.41) is 9.55. The van der Waals surface area contributed by atoms with Gasteiger partial charge in [0.25, 0.3) is 0 Å². The van der Waals surface area contributed by atoms with E-state index in [4.69, 9.17) is 0 Å². The number of halogens is 1. The standard InChI is InChI=1S/C24H34FN3O/c1-5-6-11-20-18(17-9-7-8-10-19(17)25)15-28(27-20)22(29)26-21-23(2,3)16-12-13-24(21,4)14-16/h7-10,16,18,21H,5-6,11-15H2,1-4H3,(H,26,29)/t16?,18?,21?,24-/m1/s1. The van der Waals surface area contributed by atoms with Gasteiger partial charge in [-0.05, 0) is 60.5 Å². The number of amides is 2. The second-order valence-corrected chi connectivity index (χ2v) is 10.1.